The Hall–Kier alpha value is -1.39. The zero-order valence-electron chi connectivity index (χ0n) is 7.99. The van der Waals surface area contributed by atoms with Gasteiger partial charge in [-0.2, -0.15) is 0 Å². The molecule has 0 unspecified atom stereocenters. The van der Waals surface area contributed by atoms with E-state index >= 15 is 0 Å². The van der Waals surface area contributed by atoms with Gasteiger partial charge in [0.15, 0.2) is 0 Å². The molecule has 0 bridgehead atoms. The summed E-state index contributed by atoms with van der Waals surface area (Å²) in [6, 6.07) is 7.03. The molecule has 14 heavy (non-hydrogen) atoms. The van der Waals surface area contributed by atoms with Gasteiger partial charge in [0, 0.05) is 12.8 Å². The molecule has 0 fully saturated rings. The maximum absolute atomic E-state index is 11.1. The molecule has 0 saturated carbocycles. The fraction of sp³-hybridized carbons (Fsp3) is 0.300. The van der Waals surface area contributed by atoms with Crippen molar-refractivity contribution >= 4 is 11.6 Å². The van der Waals surface area contributed by atoms with Gasteiger partial charge in [-0.25, -0.2) is 0 Å². The summed E-state index contributed by atoms with van der Waals surface area (Å²) in [7, 11) is 1.46. The highest BCUT2D eigenvalue weighted by atomic mass is 16.5. The Morgan fingerprint density at radius 1 is 1.57 bits per heavy atom. The zero-order chi connectivity index (χ0) is 10.4. The number of amides is 1. The van der Waals surface area contributed by atoms with Gasteiger partial charge in [-0.05, 0) is 17.7 Å². The Labute approximate surface area is 82.5 Å². The molecule has 1 amide bonds. The van der Waals surface area contributed by atoms with Crippen molar-refractivity contribution in [1.29, 1.82) is 0 Å². The number of nitrogens with one attached hydrogen (secondary N) is 1. The number of hydrogen-bond donors (Lipinski definition) is 2. The van der Waals surface area contributed by atoms with Crippen LogP contribution in [0.4, 0.5) is 5.69 Å². The van der Waals surface area contributed by atoms with Crippen LogP contribution in [0.2, 0.25) is 0 Å². The minimum absolute atomic E-state index is 0.0311. The van der Waals surface area contributed by atoms with Gasteiger partial charge in [0.25, 0.3) is 0 Å². The smallest absolute Gasteiger partial charge is 0.250 e. The lowest BCUT2D eigenvalue weighted by atomic mass is 10.2. The van der Waals surface area contributed by atoms with Crippen molar-refractivity contribution in [2.45, 2.75) is 6.61 Å². The molecular weight excluding hydrogens is 182 g/mol. The van der Waals surface area contributed by atoms with Gasteiger partial charge < -0.3 is 15.2 Å². The SMILES string of the molecule is COCC(=O)Nc1cccc(CO)c1. The molecule has 0 aliphatic carbocycles. The minimum atomic E-state index is -0.206. The molecule has 0 heterocycles. The van der Waals surface area contributed by atoms with E-state index in [1.165, 1.54) is 7.11 Å². The highest BCUT2D eigenvalue weighted by Gasteiger charge is 2.01. The maximum atomic E-state index is 11.1. The molecular formula is C10H13NO3. The first-order valence-electron chi connectivity index (χ1n) is 4.25. The first-order chi connectivity index (χ1) is 6.76. The number of aliphatic hydroxyl groups is 1. The van der Waals surface area contributed by atoms with E-state index in [-0.39, 0.29) is 19.1 Å². The molecule has 0 radical (unpaired) electrons. The molecule has 0 spiro atoms. The number of carbonyl (C=O) groups is 1. The lowest BCUT2D eigenvalue weighted by Crippen LogP contribution is -2.17. The van der Waals surface area contributed by atoms with Crippen molar-refractivity contribution < 1.29 is 14.6 Å². The standard InChI is InChI=1S/C10H13NO3/c1-14-7-10(13)11-9-4-2-3-8(5-9)6-12/h2-5,12H,6-7H2,1H3,(H,11,13). The average molecular weight is 195 g/mol. The van der Waals surface area contributed by atoms with Gasteiger partial charge in [-0.3, -0.25) is 4.79 Å². The number of aliphatic hydroxyl groups excluding tert-OH is 1. The average Bonchev–Trinajstić information content (AvgIpc) is 2.18. The van der Waals surface area contributed by atoms with E-state index < -0.39 is 0 Å². The quantitative estimate of drug-likeness (QED) is 0.745. The molecule has 0 aliphatic heterocycles. The van der Waals surface area contributed by atoms with Crippen LogP contribution in [0.5, 0.6) is 0 Å². The molecule has 76 valence electrons. The van der Waals surface area contributed by atoms with Crippen LogP contribution < -0.4 is 5.32 Å². The van der Waals surface area contributed by atoms with E-state index in [2.05, 4.69) is 10.1 Å². The van der Waals surface area contributed by atoms with Gasteiger partial charge in [0.1, 0.15) is 6.61 Å². The number of rotatable bonds is 4. The number of methoxy groups -OCH3 is 1. The monoisotopic (exact) mass is 195 g/mol. The van der Waals surface area contributed by atoms with Crippen LogP contribution in [0.3, 0.4) is 0 Å². The minimum Gasteiger partial charge on any atom is -0.392 e. The maximum Gasteiger partial charge on any atom is 0.250 e. The normalized spacial score (nSPS) is 9.86. The predicted octanol–water partition coefficient (Wildman–Crippen LogP) is 0.764. The van der Waals surface area contributed by atoms with Crippen LogP contribution in [0.25, 0.3) is 0 Å². The van der Waals surface area contributed by atoms with Crippen LogP contribution in [0.15, 0.2) is 24.3 Å². The number of anilines is 1. The fourth-order valence-electron chi connectivity index (χ4n) is 1.08. The van der Waals surface area contributed by atoms with Crippen LogP contribution in [0.1, 0.15) is 5.56 Å². The third-order valence-electron chi connectivity index (χ3n) is 1.67. The van der Waals surface area contributed by atoms with Crippen LogP contribution in [-0.2, 0) is 16.1 Å². The van der Waals surface area contributed by atoms with E-state index in [1.807, 2.05) is 0 Å². The fourth-order valence-corrected chi connectivity index (χ4v) is 1.08. The summed E-state index contributed by atoms with van der Waals surface area (Å²) in [6.07, 6.45) is 0. The van der Waals surface area contributed by atoms with Gasteiger partial charge in [0.2, 0.25) is 5.91 Å². The molecule has 0 aromatic heterocycles. The van der Waals surface area contributed by atoms with Crippen LogP contribution in [-0.4, -0.2) is 24.7 Å². The number of carbonyl (C=O) groups excluding carboxylic acids is 1. The van der Waals surface area contributed by atoms with Gasteiger partial charge >= 0.3 is 0 Å². The Bertz CT molecular complexity index is 312. The Morgan fingerprint density at radius 2 is 2.36 bits per heavy atom. The summed E-state index contributed by atoms with van der Waals surface area (Å²) in [5.41, 5.74) is 1.43. The zero-order valence-corrected chi connectivity index (χ0v) is 7.99. The van der Waals surface area contributed by atoms with E-state index in [4.69, 9.17) is 5.11 Å². The first kappa shape index (κ1) is 10.7. The van der Waals surface area contributed by atoms with E-state index in [0.29, 0.717) is 5.69 Å². The van der Waals surface area contributed by atoms with Crippen molar-refractivity contribution in [2.75, 3.05) is 19.0 Å². The van der Waals surface area contributed by atoms with E-state index in [0.717, 1.165) is 5.56 Å². The Balaban J connectivity index is 2.62. The van der Waals surface area contributed by atoms with E-state index in [9.17, 15) is 4.79 Å². The largest absolute Gasteiger partial charge is 0.392 e. The van der Waals surface area contributed by atoms with Gasteiger partial charge in [-0.15, -0.1) is 0 Å². The second kappa shape index (κ2) is 5.36. The summed E-state index contributed by atoms with van der Waals surface area (Å²) in [5, 5.41) is 11.5. The Morgan fingerprint density at radius 3 is 3.00 bits per heavy atom. The lowest BCUT2D eigenvalue weighted by Gasteiger charge is -2.05. The number of hydrogen-bond acceptors (Lipinski definition) is 3. The molecule has 1 rings (SSSR count). The molecule has 4 heteroatoms. The highest BCUT2D eigenvalue weighted by Crippen LogP contribution is 2.10. The summed E-state index contributed by atoms with van der Waals surface area (Å²) < 4.78 is 4.67. The predicted molar refractivity (Wildman–Crippen MR) is 52.9 cm³/mol. The molecule has 2 N–H and O–H groups in total. The second-order valence-corrected chi connectivity index (χ2v) is 2.84. The third kappa shape index (κ3) is 3.16. The first-order valence-corrected chi connectivity index (χ1v) is 4.25. The highest BCUT2D eigenvalue weighted by molar-refractivity contribution is 5.91. The van der Waals surface area contributed by atoms with Crippen molar-refractivity contribution in [3.05, 3.63) is 29.8 Å². The van der Waals surface area contributed by atoms with Crippen LogP contribution >= 0.6 is 0 Å². The van der Waals surface area contributed by atoms with E-state index in [1.54, 1.807) is 24.3 Å². The van der Waals surface area contributed by atoms with Crippen molar-refractivity contribution in [3.8, 4) is 0 Å². The number of benzene rings is 1. The molecule has 0 saturated heterocycles. The summed E-state index contributed by atoms with van der Waals surface area (Å²) in [4.78, 5) is 11.1. The van der Waals surface area contributed by atoms with Crippen molar-refractivity contribution in [3.63, 3.8) is 0 Å². The molecule has 1 aromatic rings. The molecule has 4 nitrogen and oxygen atoms in total. The van der Waals surface area contributed by atoms with Crippen molar-refractivity contribution in [2.24, 2.45) is 0 Å². The lowest BCUT2D eigenvalue weighted by molar-refractivity contribution is -0.119. The van der Waals surface area contributed by atoms with Crippen LogP contribution in [0, 0.1) is 0 Å². The topological polar surface area (TPSA) is 58.6 Å². The van der Waals surface area contributed by atoms with Gasteiger partial charge in [0.05, 0.1) is 6.61 Å². The second-order valence-electron chi connectivity index (χ2n) is 2.84. The summed E-state index contributed by atoms with van der Waals surface area (Å²) in [5.74, 6) is -0.206. The molecule has 0 aliphatic rings. The molecule has 1 aromatic carbocycles. The third-order valence-corrected chi connectivity index (χ3v) is 1.67. The summed E-state index contributed by atoms with van der Waals surface area (Å²) >= 11 is 0. The Kier molecular flexibility index (Phi) is 4.10. The van der Waals surface area contributed by atoms with Gasteiger partial charge in [-0.1, -0.05) is 12.1 Å². The van der Waals surface area contributed by atoms with Crippen molar-refractivity contribution in [1.82, 2.24) is 0 Å². The summed E-state index contributed by atoms with van der Waals surface area (Å²) in [6.45, 7) is -0.00264. The number of ether oxygens (including phenoxy) is 1. The molecule has 0 atom stereocenters.